The van der Waals surface area contributed by atoms with E-state index in [0.29, 0.717) is 33.3 Å². The summed E-state index contributed by atoms with van der Waals surface area (Å²) in [5.74, 6) is 0.387. The third-order valence-electron chi connectivity index (χ3n) is 4.38. The number of amides is 1. The molecule has 0 bridgehead atoms. The Morgan fingerprint density at radius 2 is 2.00 bits per heavy atom. The highest BCUT2D eigenvalue weighted by Crippen LogP contribution is 2.25. The number of ether oxygens (including phenoxy) is 1. The number of hydrazine groups is 1. The van der Waals surface area contributed by atoms with Crippen LogP contribution in [0.3, 0.4) is 0 Å². The van der Waals surface area contributed by atoms with Gasteiger partial charge in [-0.2, -0.15) is 0 Å². The third-order valence-corrected chi connectivity index (χ3v) is 5.14. The molecule has 1 amide bonds. The fraction of sp³-hybridized carbons (Fsp3) is 0.0952. The Balaban J connectivity index is 1.51. The van der Waals surface area contributed by atoms with E-state index in [-0.39, 0.29) is 5.91 Å². The number of aryl methyl sites for hydroxylation is 1. The number of nitrogens with zero attached hydrogens (tertiary/aromatic N) is 1. The number of methoxy groups -OCH3 is 1. The molecule has 0 aliphatic rings. The molecule has 2 aromatic carbocycles. The summed E-state index contributed by atoms with van der Waals surface area (Å²) in [6.45, 7) is 1.83. The number of aromatic nitrogens is 1. The molecular weight excluding hydrogens is 390 g/mol. The molecule has 0 unspecified atom stereocenters. The van der Waals surface area contributed by atoms with Crippen LogP contribution in [0, 0.1) is 6.92 Å². The van der Waals surface area contributed by atoms with E-state index in [0.717, 1.165) is 10.9 Å². The van der Waals surface area contributed by atoms with E-state index < -0.39 is 5.63 Å². The maximum Gasteiger partial charge on any atom is 0.345 e. The van der Waals surface area contributed by atoms with Crippen molar-refractivity contribution >= 4 is 33.3 Å². The van der Waals surface area contributed by atoms with Crippen LogP contribution in [0.5, 0.6) is 5.75 Å². The first kappa shape index (κ1) is 18.7. The van der Waals surface area contributed by atoms with E-state index in [1.807, 2.05) is 25.1 Å². The fourth-order valence-electron chi connectivity index (χ4n) is 2.89. The lowest BCUT2D eigenvalue weighted by atomic mass is 10.1. The van der Waals surface area contributed by atoms with Gasteiger partial charge in [0.25, 0.3) is 5.91 Å². The quantitative estimate of drug-likeness (QED) is 0.384. The Morgan fingerprint density at radius 3 is 2.79 bits per heavy atom. The molecule has 2 aromatic heterocycles. The molecule has 0 saturated heterocycles. The van der Waals surface area contributed by atoms with Crippen LogP contribution in [0.1, 0.15) is 15.9 Å². The molecule has 4 rings (SSSR count). The van der Waals surface area contributed by atoms with Gasteiger partial charge >= 0.3 is 5.63 Å². The van der Waals surface area contributed by atoms with Gasteiger partial charge in [0.15, 0.2) is 0 Å². The minimum atomic E-state index is -0.460. The molecule has 2 heterocycles. The van der Waals surface area contributed by atoms with Crippen LogP contribution in [0.25, 0.3) is 22.2 Å². The highest BCUT2D eigenvalue weighted by atomic mass is 32.1. The first-order valence-electron chi connectivity index (χ1n) is 8.75. The molecule has 2 N–H and O–H groups in total. The van der Waals surface area contributed by atoms with E-state index in [4.69, 9.17) is 9.15 Å². The summed E-state index contributed by atoms with van der Waals surface area (Å²) in [5, 5.41) is 2.99. The van der Waals surface area contributed by atoms with Gasteiger partial charge in [-0.3, -0.25) is 15.6 Å². The maximum atomic E-state index is 12.4. The molecule has 29 heavy (non-hydrogen) atoms. The largest absolute Gasteiger partial charge is 0.497 e. The molecule has 7 nitrogen and oxygen atoms in total. The van der Waals surface area contributed by atoms with Crippen LogP contribution in [-0.2, 0) is 0 Å². The molecule has 0 saturated carbocycles. The van der Waals surface area contributed by atoms with Gasteiger partial charge in [0.05, 0.1) is 18.4 Å². The van der Waals surface area contributed by atoms with Gasteiger partial charge in [0.1, 0.15) is 11.3 Å². The van der Waals surface area contributed by atoms with Crippen molar-refractivity contribution in [3.63, 3.8) is 0 Å². The summed E-state index contributed by atoms with van der Waals surface area (Å²) in [4.78, 5) is 29.1. The van der Waals surface area contributed by atoms with Gasteiger partial charge in [-0.15, -0.1) is 11.3 Å². The van der Waals surface area contributed by atoms with Crippen LogP contribution in [-0.4, -0.2) is 18.0 Å². The second-order valence-corrected chi connectivity index (χ2v) is 7.14. The lowest BCUT2D eigenvalue weighted by Gasteiger charge is -2.09. The molecule has 0 radical (unpaired) electrons. The number of hydrogen-bond donors (Lipinski definition) is 2. The predicted octanol–water partition coefficient (Wildman–Crippen LogP) is 3.99. The lowest BCUT2D eigenvalue weighted by Crippen LogP contribution is -2.29. The molecule has 0 aliphatic heterocycles. The first-order valence-corrected chi connectivity index (χ1v) is 9.63. The summed E-state index contributed by atoms with van der Waals surface area (Å²) in [5.41, 5.74) is 7.63. The number of anilines is 1. The van der Waals surface area contributed by atoms with Crippen LogP contribution in [0.4, 0.5) is 5.13 Å². The number of rotatable bonds is 5. The normalized spacial score (nSPS) is 10.7. The summed E-state index contributed by atoms with van der Waals surface area (Å²) in [6.07, 6.45) is 0. The molecule has 8 heteroatoms. The number of para-hydroxylation sites is 1. The highest BCUT2D eigenvalue weighted by molar-refractivity contribution is 7.14. The molecule has 146 valence electrons. The number of benzene rings is 2. The summed E-state index contributed by atoms with van der Waals surface area (Å²) < 4.78 is 10.5. The van der Waals surface area contributed by atoms with Crippen LogP contribution < -0.4 is 21.2 Å². The van der Waals surface area contributed by atoms with Gasteiger partial charge in [-0.25, -0.2) is 9.78 Å². The zero-order valence-electron chi connectivity index (χ0n) is 15.7. The minimum Gasteiger partial charge on any atom is -0.497 e. The SMILES string of the molecule is COc1ccc(C(=O)NNc2nc(-c3cc4ccccc4oc3=O)cs2)c(C)c1. The van der Waals surface area contributed by atoms with Crippen molar-refractivity contribution in [1.82, 2.24) is 10.4 Å². The maximum absolute atomic E-state index is 12.4. The smallest absolute Gasteiger partial charge is 0.345 e. The van der Waals surface area contributed by atoms with Crippen molar-refractivity contribution in [1.29, 1.82) is 0 Å². The average Bonchev–Trinajstić information content (AvgIpc) is 3.20. The second-order valence-electron chi connectivity index (χ2n) is 6.28. The van der Waals surface area contributed by atoms with Crippen molar-refractivity contribution in [2.45, 2.75) is 6.92 Å². The predicted molar refractivity (Wildman–Crippen MR) is 112 cm³/mol. The average molecular weight is 407 g/mol. The lowest BCUT2D eigenvalue weighted by molar-refractivity contribution is 0.0962. The Labute approximate surface area is 169 Å². The van der Waals surface area contributed by atoms with Crippen LogP contribution in [0.15, 0.2) is 63.1 Å². The Morgan fingerprint density at radius 1 is 1.17 bits per heavy atom. The monoisotopic (exact) mass is 407 g/mol. The van der Waals surface area contributed by atoms with Crippen LogP contribution in [0.2, 0.25) is 0 Å². The van der Waals surface area contributed by atoms with Gasteiger partial charge in [-0.1, -0.05) is 18.2 Å². The van der Waals surface area contributed by atoms with E-state index in [1.165, 1.54) is 11.3 Å². The topological polar surface area (TPSA) is 93.5 Å². The number of nitrogens with one attached hydrogen (secondary N) is 2. The molecule has 0 aliphatic carbocycles. The number of carbonyl (C=O) groups is 1. The molecule has 0 fully saturated rings. The Kier molecular flexibility index (Phi) is 5.01. The van der Waals surface area contributed by atoms with Gasteiger partial charge in [0, 0.05) is 16.3 Å². The van der Waals surface area contributed by atoms with Crippen molar-refractivity contribution in [3.8, 4) is 17.0 Å². The molecule has 4 aromatic rings. The number of hydrogen-bond acceptors (Lipinski definition) is 7. The number of carbonyl (C=O) groups excluding carboxylic acids is 1. The minimum absolute atomic E-state index is 0.299. The highest BCUT2D eigenvalue weighted by Gasteiger charge is 2.13. The standard InChI is InChI=1S/C21H17N3O4S/c1-12-9-14(27-2)7-8-15(12)19(25)23-24-21-22-17(11-29-21)16-10-13-5-3-4-6-18(13)28-20(16)26/h3-11H,1-2H3,(H,22,24)(H,23,25). The Hall–Kier alpha value is -3.65. The molecule has 0 atom stereocenters. The van der Waals surface area contributed by atoms with Crippen LogP contribution >= 0.6 is 11.3 Å². The van der Waals surface area contributed by atoms with Gasteiger partial charge in [0.2, 0.25) is 5.13 Å². The van der Waals surface area contributed by atoms with E-state index in [1.54, 1.807) is 42.8 Å². The molecule has 0 spiro atoms. The zero-order chi connectivity index (χ0) is 20.4. The van der Waals surface area contributed by atoms with Crippen molar-refractivity contribution in [2.24, 2.45) is 0 Å². The second kappa shape index (κ2) is 7.76. The van der Waals surface area contributed by atoms with E-state index in [2.05, 4.69) is 15.8 Å². The van der Waals surface area contributed by atoms with Crippen molar-refractivity contribution in [2.75, 3.05) is 12.5 Å². The summed E-state index contributed by atoms with van der Waals surface area (Å²) >= 11 is 1.27. The number of thiazole rings is 1. The number of fused-ring (bicyclic) bond motifs is 1. The summed E-state index contributed by atoms with van der Waals surface area (Å²) in [6, 6.07) is 14.2. The van der Waals surface area contributed by atoms with Gasteiger partial charge < -0.3 is 9.15 Å². The summed E-state index contributed by atoms with van der Waals surface area (Å²) in [7, 11) is 1.58. The van der Waals surface area contributed by atoms with E-state index >= 15 is 0 Å². The van der Waals surface area contributed by atoms with Gasteiger partial charge in [-0.05, 0) is 42.8 Å². The third kappa shape index (κ3) is 3.83. The van der Waals surface area contributed by atoms with E-state index in [9.17, 15) is 9.59 Å². The Bertz CT molecular complexity index is 1260. The van der Waals surface area contributed by atoms with Crippen molar-refractivity contribution in [3.05, 3.63) is 75.5 Å². The fourth-order valence-corrected chi connectivity index (χ4v) is 3.55. The molecular formula is C21H17N3O4S. The zero-order valence-corrected chi connectivity index (χ0v) is 16.5. The van der Waals surface area contributed by atoms with Crippen molar-refractivity contribution < 1.29 is 13.9 Å². The first-order chi connectivity index (χ1) is 14.0.